The van der Waals surface area contributed by atoms with Gasteiger partial charge in [-0.25, -0.2) is 4.79 Å². The summed E-state index contributed by atoms with van der Waals surface area (Å²) in [6.45, 7) is 6.31. The molecule has 0 radical (unpaired) electrons. The number of carbonyl (C=O) groups is 1. The minimum absolute atomic E-state index is 0.221. The summed E-state index contributed by atoms with van der Waals surface area (Å²) >= 11 is 0. The van der Waals surface area contributed by atoms with Gasteiger partial charge < -0.3 is 9.84 Å². The fourth-order valence-electron chi connectivity index (χ4n) is 1.78. The summed E-state index contributed by atoms with van der Waals surface area (Å²) in [5.41, 5.74) is 1.94. The van der Waals surface area contributed by atoms with E-state index in [1.807, 2.05) is 23.9 Å². The zero-order chi connectivity index (χ0) is 14.7. The first-order valence-electron chi connectivity index (χ1n) is 6.48. The summed E-state index contributed by atoms with van der Waals surface area (Å²) in [6, 6.07) is 7.05. The van der Waals surface area contributed by atoms with Crippen LogP contribution in [0, 0.1) is 6.92 Å². The largest absolute Gasteiger partial charge is 0.487 e. The fraction of sp³-hybridized carbons (Fsp3) is 0.333. The predicted octanol–water partition coefficient (Wildman–Crippen LogP) is 3.05. The lowest BCUT2D eigenvalue weighted by Gasteiger charge is -2.09. The van der Waals surface area contributed by atoms with E-state index in [-0.39, 0.29) is 5.56 Å². The standard InChI is InChI=1S/C15H18N2O3/c1-10(2)17-7-6-13(16-17)9-20-14-8-12(15(18)19)5-4-11(14)3/h4-8,10H,9H2,1-3H3,(H,18,19). The molecule has 0 bridgehead atoms. The molecule has 5 heteroatoms. The SMILES string of the molecule is Cc1ccc(C(=O)O)cc1OCc1ccn(C(C)C)n1. The summed E-state index contributed by atoms with van der Waals surface area (Å²) in [5.74, 6) is -0.386. The summed E-state index contributed by atoms with van der Waals surface area (Å²) < 4.78 is 7.53. The van der Waals surface area contributed by atoms with Crippen molar-refractivity contribution < 1.29 is 14.6 Å². The molecule has 0 saturated carbocycles. The second-order valence-corrected chi connectivity index (χ2v) is 4.95. The van der Waals surface area contributed by atoms with Gasteiger partial charge in [-0.05, 0) is 44.5 Å². The Morgan fingerprint density at radius 3 is 2.75 bits per heavy atom. The van der Waals surface area contributed by atoms with E-state index in [9.17, 15) is 4.79 Å². The van der Waals surface area contributed by atoms with E-state index in [2.05, 4.69) is 18.9 Å². The molecule has 1 heterocycles. The molecule has 0 aliphatic rings. The maximum absolute atomic E-state index is 10.9. The minimum atomic E-state index is -0.959. The molecule has 0 aliphatic heterocycles. The van der Waals surface area contributed by atoms with Crippen molar-refractivity contribution in [2.75, 3.05) is 0 Å². The number of hydrogen-bond donors (Lipinski definition) is 1. The number of aryl methyl sites for hydroxylation is 1. The Morgan fingerprint density at radius 2 is 2.15 bits per heavy atom. The lowest BCUT2D eigenvalue weighted by atomic mass is 10.1. The Kier molecular flexibility index (Phi) is 4.08. The van der Waals surface area contributed by atoms with Crippen LogP contribution >= 0.6 is 0 Å². The van der Waals surface area contributed by atoms with Gasteiger partial charge in [-0.3, -0.25) is 4.68 Å². The second-order valence-electron chi connectivity index (χ2n) is 4.95. The maximum Gasteiger partial charge on any atom is 0.335 e. The van der Waals surface area contributed by atoms with Crippen LogP contribution in [0.15, 0.2) is 30.5 Å². The van der Waals surface area contributed by atoms with Crippen molar-refractivity contribution in [2.24, 2.45) is 0 Å². The van der Waals surface area contributed by atoms with Gasteiger partial charge in [0.1, 0.15) is 12.4 Å². The molecule has 1 N–H and O–H groups in total. The van der Waals surface area contributed by atoms with Crippen LogP contribution in [0.5, 0.6) is 5.75 Å². The molecule has 106 valence electrons. The molecule has 2 aromatic rings. The van der Waals surface area contributed by atoms with E-state index < -0.39 is 5.97 Å². The quantitative estimate of drug-likeness (QED) is 0.910. The molecule has 0 saturated heterocycles. The monoisotopic (exact) mass is 274 g/mol. The van der Waals surface area contributed by atoms with E-state index >= 15 is 0 Å². The third-order valence-corrected chi connectivity index (χ3v) is 3.00. The smallest absolute Gasteiger partial charge is 0.335 e. The normalized spacial score (nSPS) is 10.8. The molecule has 0 amide bonds. The van der Waals surface area contributed by atoms with Gasteiger partial charge in [0.05, 0.1) is 11.3 Å². The Balaban J connectivity index is 2.09. The Bertz CT molecular complexity index is 617. The van der Waals surface area contributed by atoms with E-state index in [1.54, 1.807) is 12.1 Å². The van der Waals surface area contributed by atoms with Crippen molar-refractivity contribution in [1.82, 2.24) is 9.78 Å². The second kappa shape index (κ2) is 5.77. The number of aromatic nitrogens is 2. The minimum Gasteiger partial charge on any atom is -0.487 e. The Hall–Kier alpha value is -2.30. The molecule has 0 atom stereocenters. The van der Waals surface area contributed by atoms with Crippen LogP contribution in [0.1, 0.15) is 41.5 Å². The van der Waals surface area contributed by atoms with Gasteiger partial charge in [0.25, 0.3) is 0 Å². The molecule has 0 spiro atoms. The number of carboxylic acids is 1. The molecule has 0 fully saturated rings. The van der Waals surface area contributed by atoms with Crippen molar-refractivity contribution in [3.05, 3.63) is 47.3 Å². The number of rotatable bonds is 5. The van der Waals surface area contributed by atoms with E-state index in [1.165, 1.54) is 6.07 Å². The summed E-state index contributed by atoms with van der Waals surface area (Å²) in [5, 5.41) is 13.4. The lowest BCUT2D eigenvalue weighted by Crippen LogP contribution is -2.04. The van der Waals surface area contributed by atoms with Crippen LogP contribution < -0.4 is 4.74 Å². The van der Waals surface area contributed by atoms with Crippen molar-refractivity contribution >= 4 is 5.97 Å². The Labute approximate surface area is 117 Å². The van der Waals surface area contributed by atoms with Crippen LogP contribution in [0.4, 0.5) is 0 Å². The zero-order valence-corrected chi connectivity index (χ0v) is 11.8. The average molecular weight is 274 g/mol. The van der Waals surface area contributed by atoms with Crippen LogP contribution in [-0.2, 0) is 6.61 Å². The molecule has 0 aliphatic carbocycles. The van der Waals surface area contributed by atoms with Gasteiger partial charge in [0.2, 0.25) is 0 Å². The predicted molar refractivity (Wildman–Crippen MR) is 75.1 cm³/mol. The van der Waals surface area contributed by atoms with Crippen molar-refractivity contribution in [2.45, 2.75) is 33.4 Å². The molecular weight excluding hydrogens is 256 g/mol. The molecule has 1 aromatic carbocycles. The van der Waals surface area contributed by atoms with E-state index in [0.717, 1.165) is 11.3 Å². The van der Waals surface area contributed by atoms with Crippen molar-refractivity contribution in [1.29, 1.82) is 0 Å². The van der Waals surface area contributed by atoms with Gasteiger partial charge in [0, 0.05) is 12.2 Å². The first-order valence-corrected chi connectivity index (χ1v) is 6.48. The molecule has 1 aromatic heterocycles. The summed E-state index contributed by atoms with van der Waals surface area (Å²) in [4.78, 5) is 10.9. The fourth-order valence-corrected chi connectivity index (χ4v) is 1.78. The molecule has 0 unspecified atom stereocenters. The van der Waals surface area contributed by atoms with Gasteiger partial charge in [-0.2, -0.15) is 5.10 Å². The van der Waals surface area contributed by atoms with E-state index in [0.29, 0.717) is 18.4 Å². The summed E-state index contributed by atoms with van der Waals surface area (Å²) in [7, 11) is 0. The highest BCUT2D eigenvalue weighted by atomic mass is 16.5. The van der Waals surface area contributed by atoms with Crippen LogP contribution in [0.3, 0.4) is 0 Å². The average Bonchev–Trinajstić information content (AvgIpc) is 2.86. The van der Waals surface area contributed by atoms with Gasteiger partial charge in [0.15, 0.2) is 0 Å². The van der Waals surface area contributed by atoms with Crippen LogP contribution in [0.25, 0.3) is 0 Å². The number of benzene rings is 1. The number of aromatic carboxylic acids is 1. The van der Waals surface area contributed by atoms with Gasteiger partial charge >= 0.3 is 5.97 Å². The first kappa shape index (κ1) is 14.1. The molecule has 5 nitrogen and oxygen atoms in total. The number of ether oxygens (including phenoxy) is 1. The first-order chi connectivity index (χ1) is 9.47. The molecular formula is C15H18N2O3. The highest BCUT2D eigenvalue weighted by molar-refractivity contribution is 5.88. The topological polar surface area (TPSA) is 64.3 Å². The number of carboxylic acid groups (broad SMARTS) is 1. The van der Waals surface area contributed by atoms with E-state index in [4.69, 9.17) is 9.84 Å². The summed E-state index contributed by atoms with van der Waals surface area (Å²) in [6.07, 6.45) is 1.91. The van der Waals surface area contributed by atoms with Gasteiger partial charge in [-0.1, -0.05) is 6.07 Å². The van der Waals surface area contributed by atoms with Crippen molar-refractivity contribution in [3.63, 3.8) is 0 Å². The number of hydrogen-bond acceptors (Lipinski definition) is 3. The van der Waals surface area contributed by atoms with Crippen LogP contribution in [-0.4, -0.2) is 20.9 Å². The van der Waals surface area contributed by atoms with Gasteiger partial charge in [-0.15, -0.1) is 0 Å². The third kappa shape index (κ3) is 3.17. The third-order valence-electron chi connectivity index (χ3n) is 3.00. The molecule has 20 heavy (non-hydrogen) atoms. The maximum atomic E-state index is 10.9. The number of nitrogens with zero attached hydrogens (tertiary/aromatic N) is 2. The highest BCUT2D eigenvalue weighted by Crippen LogP contribution is 2.20. The Morgan fingerprint density at radius 1 is 1.40 bits per heavy atom. The lowest BCUT2D eigenvalue weighted by molar-refractivity contribution is 0.0696. The van der Waals surface area contributed by atoms with Crippen molar-refractivity contribution in [3.8, 4) is 5.75 Å². The molecule has 2 rings (SSSR count). The zero-order valence-electron chi connectivity index (χ0n) is 11.8. The van der Waals surface area contributed by atoms with Crippen LogP contribution in [0.2, 0.25) is 0 Å². The highest BCUT2D eigenvalue weighted by Gasteiger charge is 2.08.